The summed E-state index contributed by atoms with van der Waals surface area (Å²) < 4.78 is 0. The number of nitrogens with zero attached hydrogens (tertiary/aromatic N) is 3. The van der Waals surface area contributed by atoms with E-state index in [9.17, 15) is 4.79 Å². The first-order valence-electron chi connectivity index (χ1n) is 11.5. The molecular formula is C29H27N3O. The normalized spacial score (nSPS) is 14.4. The predicted octanol–water partition coefficient (Wildman–Crippen LogP) is 5.93. The summed E-state index contributed by atoms with van der Waals surface area (Å²) in [6, 6.07) is 24.6. The molecule has 0 spiro atoms. The van der Waals surface area contributed by atoms with Gasteiger partial charge >= 0.3 is 0 Å². The molecular weight excluding hydrogens is 406 g/mol. The molecule has 5 rings (SSSR count). The maximum absolute atomic E-state index is 11.8. The number of hydrogen-bond donors (Lipinski definition) is 0. The SMILES string of the molecule is CC(=O)c1ccc(C(=C2CCN(Cc3ccccn3)CC2)c2cccc3cccnc23)cc1. The van der Waals surface area contributed by atoms with Gasteiger partial charge in [-0.3, -0.25) is 19.7 Å². The van der Waals surface area contributed by atoms with Crippen molar-refractivity contribution in [1.82, 2.24) is 14.9 Å². The van der Waals surface area contributed by atoms with Gasteiger partial charge in [0.25, 0.3) is 0 Å². The first-order chi connectivity index (χ1) is 16.2. The van der Waals surface area contributed by atoms with Crippen LogP contribution in [0.2, 0.25) is 0 Å². The molecule has 1 aliphatic rings. The summed E-state index contributed by atoms with van der Waals surface area (Å²) in [5.41, 5.74) is 7.89. The van der Waals surface area contributed by atoms with Crippen LogP contribution in [0, 0.1) is 0 Å². The van der Waals surface area contributed by atoms with Crippen LogP contribution in [0.1, 0.15) is 46.9 Å². The molecule has 0 saturated carbocycles. The fraction of sp³-hybridized carbons (Fsp3) is 0.207. The minimum Gasteiger partial charge on any atom is -0.297 e. The maximum atomic E-state index is 11.8. The highest BCUT2D eigenvalue weighted by Gasteiger charge is 2.21. The third-order valence-corrected chi connectivity index (χ3v) is 6.41. The van der Waals surface area contributed by atoms with E-state index in [4.69, 9.17) is 4.98 Å². The Morgan fingerprint density at radius 1 is 0.818 bits per heavy atom. The van der Waals surface area contributed by atoms with E-state index in [0.29, 0.717) is 0 Å². The van der Waals surface area contributed by atoms with Crippen LogP contribution in [0.3, 0.4) is 0 Å². The highest BCUT2D eigenvalue weighted by molar-refractivity contribution is 5.98. The second-order valence-corrected chi connectivity index (χ2v) is 8.59. The summed E-state index contributed by atoms with van der Waals surface area (Å²) in [6.07, 6.45) is 5.73. The molecule has 164 valence electrons. The number of pyridine rings is 2. The van der Waals surface area contributed by atoms with Crippen LogP contribution in [0.25, 0.3) is 16.5 Å². The Morgan fingerprint density at radius 2 is 1.55 bits per heavy atom. The molecule has 2 aromatic carbocycles. The van der Waals surface area contributed by atoms with Crippen LogP contribution in [-0.4, -0.2) is 33.7 Å². The van der Waals surface area contributed by atoms with Gasteiger partial charge in [0.1, 0.15) is 0 Å². The molecule has 0 N–H and O–H groups in total. The van der Waals surface area contributed by atoms with Crippen molar-refractivity contribution in [2.45, 2.75) is 26.3 Å². The van der Waals surface area contributed by atoms with Crippen LogP contribution < -0.4 is 0 Å². The molecule has 4 nitrogen and oxygen atoms in total. The van der Waals surface area contributed by atoms with E-state index in [2.05, 4.69) is 52.3 Å². The lowest BCUT2D eigenvalue weighted by molar-refractivity contribution is 0.101. The van der Waals surface area contributed by atoms with Crippen LogP contribution >= 0.6 is 0 Å². The molecule has 0 radical (unpaired) electrons. The number of rotatable bonds is 5. The summed E-state index contributed by atoms with van der Waals surface area (Å²) >= 11 is 0. The second-order valence-electron chi connectivity index (χ2n) is 8.59. The van der Waals surface area contributed by atoms with Crippen molar-refractivity contribution in [3.05, 3.63) is 113 Å². The quantitative estimate of drug-likeness (QED) is 0.366. The minimum absolute atomic E-state index is 0.0883. The number of ketones is 1. The lowest BCUT2D eigenvalue weighted by atomic mass is 9.87. The highest BCUT2D eigenvalue weighted by Crippen LogP contribution is 2.35. The number of carbonyl (C=O) groups is 1. The number of Topliss-reactive ketones (excluding diaryl/α,β-unsaturated/α-hetero) is 1. The summed E-state index contributed by atoms with van der Waals surface area (Å²) in [4.78, 5) is 23.5. The first-order valence-corrected chi connectivity index (χ1v) is 11.5. The Morgan fingerprint density at radius 3 is 2.27 bits per heavy atom. The van der Waals surface area contributed by atoms with Gasteiger partial charge in [-0.15, -0.1) is 0 Å². The molecule has 0 aliphatic carbocycles. The molecule has 0 bridgehead atoms. The van der Waals surface area contributed by atoms with E-state index in [1.807, 2.05) is 42.7 Å². The van der Waals surface area contributed by atoms with E-state index < -0.39 is 0 Å². The van der Waals surface area contributed by atoms with Gasteiger partial charge in [-0.25, -0.2) is 0 Å². The van der Waals surface area contributed by atoms with Crippen LogP contribution in [0.5, 0.6) is 0 Å². The Bertz CT molecular complexity index is 1290. The number of benzene rings is 2. The number of aromatic nitrogens is 2. The third-order valence-electron chi connectivity index (χ3n) is 6.41. The van der Waals surface area contributed by atoms with E-state index in [0.717, 1.165) is 65.8 Å². The molecule has 1 fully saturated rings. The average Bonchev–Trinajstić information content (AvgIpc) is 2.86. The molecule has 4 aromatic rings. The summed E-state index contributed by atoms with van der Waals surface area (Å²) in [7, 11) is 0. The Balaban J connectivity index is 1.53. The monoisotopic (exact) mass is 433 g/mol. The van der Waals surface area contributed by atoms with Gasteiger partial charge < -0.3 is 0 Å². The maximum Gasteiger partial charge on any atom is 0.159 e. The molecule has 33 heavy (non-hydrogen) atoms. The van der Waals surface area contributed by atoms with E-state index >= 15 is 0 Å². The van der Waals surface area contributed by atoms with Crippen molar-refractivity contribution in [2.75, 3.05) is 13.1 Å². The number of carbonyl (C=O) groups excluding carboxylic acids is 1. The standard InChI is InChI=1S/C29H27N3O/c1-21(33)22-10-12-23(13-11-22)28(27-9-4-6-25-7-5-17-31-29(25)27)24-14-18-32(19-15-24)20-26-8-2-3-16-30-26/h2-13,16-17H,14-15,18-20H2,1H3. The molecule has 0 amide bonds. The number of likely N-dealkylation sites (tertiary alicyclic amines) is 1. The fourth-order valence-corrected chi connectivity index (χ4v) is 4.68. The van der Waals surface area contributed by atoms with Crippen LogP contribution in [0.4, 0.5) is 0 Å². The first kappa shape index (κ1) is 21.2. The minimum atomic E-state index is 0.0883. The predicted molar refractivity (Wildman–Crippen MR) is 133 cm³/mol. The molecule has 1 saturated heterocycles. The van der Waals surface area contributed by atoms with Crippen LogP contribution in [-0.2, 0) is 6.54 Å². The van der Waals surface area contributed by atoms with Gasteiger partial charge in [-0.05, 0) is 49.1 Å². The lowest BCUT2D eigenvalue weighted by Gasteiger charge is -2.30. The number of para-hydroxylation sites is 1. The largest absolute Gasteiger partial charge is 0.297 e. The van der Waals surface area contributed by atoms with Crippen molar-refractivity contribution in [2.24, 2.45) is 0 Å². The van der Waals surface area contributed by atoms with Gasteiger partial charge in [0.2, 0.25) is 0 Å². The van der Waals surface area contributed by atoms with Gasteiger partial charge in [0, 0.05) is 48.5 Å². The second kappa shape index (κ2) is 9.47. The zero-order valence-corrected chi connectivity index (χ0v) is 18.9. The zero-order chi connectivity index (χ0) is 22.6. The molecule has 0 unspecified atom stereocenters. The summed E-state index contributed by atoms with van der Waals surface area (Å²) in [5, 5.41) is 1.14. The number of hydrogen-bond acceptors (Lipinski definition) is 4. The van der Waals surface area contributed by atoms with Gasteiger partial charge in [0.15, 0.2) is 5.78 Å². The highest BCUT2D eigenvalue weighted by atomic mass is 16.1. The van der Waals surface area contributed by atoms with Crippen molar-refractivity contribution in [1.29, 1.82) is 0 Å². The average molecular weight is 434 g/mol. The molecule has 4 heteroatoms. The molecule has 3 heterocycles. The number of fused-ring (bicyclic) bond motifs is 1. The zero-order valence-electron chi connectivity index (χ0n) is 18.9. The van der Waals surface area contributed by atoms with Crippen molar-refractivity contribution in [3.8, 4) is 0 Å². The summed E-state index contributed by atoms with van der Waals surface area (Å²) in [5.74, 6) is 0.0883. The van der Waals surface area contributed by atoms with E-state index in [-0.39, 0.29) is 5.78 Å². The Labute approximate surface area is 194 Å². The van der Waals surface area contributed by atoms with Crippen molar-refractivity contribution >= 4 is 22.3 Å². The molecule has 0 atom stereocenters. The third kappa shape index (κ3) is 4.62. The molecule has 1 aliphatic heterocycles. The topological polar surface area (TPSA) is 46.1 Å². The Kier molecular flexibility index (Phi) is 6.09. The van der Waals surface area contributed by atoms with Gasteiger partial charge in [-0.2, -0.15) is 0 Å². The molecule has 2 aromatic heterocycles. The van der Waals surface area contributed by atoms with Gasteiger partial charge in [-0.1, -0.05) is 60.2 Å². The summed E-state index contributed by atoms with van der Waals surface area (Å²) in [6.45, 7) is 4.49. The Hall–Kier alpha value is -3.63. The smallest absolute Gasteiger partial charge is 0.159 e. The van der Waals surface area contributed by atoms with Crippen molar-refractivity contribution in [3.63, 3.8) is 0 Å². The van der Waals surface area contributed by atoms with E-state index in [1.54, 1.807) is 6.92 Å². The van der Waals surface area contributed by atoms with E-state index in [1.165, 1.54) is 11.1 Å². The lowest BCUT2D eigenvalue weighted by Crippen LogP contribution is -2.31. The van der Waals surface area contributed by atoms with Crippen molar-refractivity contribution < 1.29 is 4.79 Å². The fourth-order valence-electron chi connectivity index (χ4n) is 4.68. The van der Waals surface area contributed by atoms with Crippen LogP contribution in [0.15, 0.2) is 90.8 Å². The number of piperidine rings is 1. The van der Waals surface area contributed by atoms with Gasteiger partial charge in [0.05, 0.1) is 11.2 Å².